The van der Waals surface area contributed by atoms with Gasteiger partial charge in [0.25, 0.3) is 0 Å². The number of hydrogen-bond donors (Lipinski definition) is 2. The molecule has 0 saturated carbocycles. The molecule has 1 aliphatic rings. The fourth-order valence-corrected chi connectivity index (χ4v) is 3.30. The summed E-state index contributed by atoms with van der Waals surface area (Å²) in [4.78, 5) is 2.35. The average Bonchev–Trinajstić information content (AvgIpc) is 2.72. The summed E-state index contributed by atoms with van der Waals surface area (Å²) in [6.07, 6.45) is 1.13. The van der Waals surface area contributed by atoms with E-state index in [1.165, 1.54) is 5.56 Å². The normalized spacial score (nSPS) is 26.4. The maximum absolute atomic E-state index is 9.56. The van der Waals surface area contributed by atoms with E-state index >= 15 is 0 Å². The number of nitrogens with zero attached hydrogens (tertiary/aromatic N) is 1. The van der Waals surface area contributed by atoms with Gasteiger partial charge in [-0.05, 0) is 36.6 Å². The molecule has 3 unspecified atom stereocenters. The van der Waals surface area contributed by atoms with Crippen LogP contribution in [0.1, 0.15) is 24.9 Å². The lowest BCUT2D eigenvalue weighted by molar-refractivity contribution is 0.105. The molecule has 18 heavy (non-hydrogen) atoms. The summed E-state index contributed by atoms with van der Waals surface area (Å²) in [5, 5.41) is 9.56. The van der Waals surface area contributed by atoms with E-state index in [1.807, 2.05) is 12.1 Å². The van der Waals surface area contributed by atoms with E-state index < -0.39 is 0 Å². The fourth-order valence-electron chi connectivity index (χ4n) is 2.89. The molecule has 100 valence electrons. The molecule has 0 aromatic heterocycles. The SMILES string of the molecule is CC1CCN(C(CN)c2cccc(Br)c2)C1CO. The van der Waals surface area contributed by atoms with Gasteiger partial charge in [0.1, 0.15) is 0 Å². The minimum absolute atomic E-state index is 0.199. The van der Waals surface area contributed by atoms with Gasteiger partial charge in [0.15, 0.2) is 0 Å². The van der Waals surface area contributed by atoms with Crippen LogP contribution in [0.2, 0.25) is 0 Å². The van der Waals surface area contributed by atoms with Crippen molar-refractivity contribution in [3.8, 4) is 0 Å². The molecule has 1 fully saturated rings. The first-order valence-electron chi connectivity index (χ1n) is 6.49. The molecule has 2 rings (SSSR count). The Balaban J connectivity index is 2.23. The Morgan fingerprint density at radius 2 is 2.33 bits per heavy atom. The van der Waals surface area contributed by atoms with Crippen LogP contribution in [0.5, 0.6) is 0 Å². The highest BCUT2D eigenvalue weighted by atomic mass is 79.9. The number of rotatable bonds is 4. The molecule has 0 radical (unpaired) electrons. The van der Waals surface area contributed by atoms with Crippen molar-refractivity contribution in [2.75, 3.05) is 19.7 Å². The molecule has 0 spiro atoms. The molecular formula is C14H21BrN2O. The third-order valence-corrected chi connectivity index (χ3v) is 4.46. The topological polar surface area (TPSA) is 49.5 Å². The summed E-state index contributed by atoms with van der Waals surface area (Å²) in [5.74, 6) is 0.538. The van der Waals surface area contributed by atoms with Gasteiger partial charge in [-0.1, -0.05) is 35.0 Å². The van der Waals surface area contributed by atoms with Crippen molar-refractivity contribution in [3.05, 3.63) is 34.3 Å². The van der Waals surface area contributed by atoms with E-state index in [-0.39, 0.29) is 18.7 Å². The van der Waals surface area contributed by atoms with Crippen molar-refractivity contribution in [1.29, 1.82) is 0 Å². The van der Waals surface area contributed by atoms with Crippen LogP contribution < -0.4 is 5.73 Å². The largest absolute Gasteiger partial charge is 0.395 e. The highest BCUT2D eigenvalue weighted by molar-refractivity contribution is 9.10. The Labute approximate surface area is 117 Å². The van der Waals surface area contributed by atoms with Gasteiger partial charge in [0, 0.05) is 23.1 Å². The lowest BCUT2D eigenvalue weighted by Gasteiger charge is -2.33. The molecule has 4 heteroatoms. The predicted octanol–water partition coefficient (Wildman–Crippen LogP) is 2.15. The summed E-state index contributed by atoms with van der Waals surface area (Å²) < 4.78 is 1.08. The first kappa shape index (κ1) is 14.0. The monoisotopic (exact) mass is 312 g/mol. The number of aliphatic hydroxyl groups is 1. The molecule has 1 saturated heterocycles. The maximum atomic E-state index is 9.56. The summed E-state index contributed by atoms with van der Waals surface area (Å²) in [6.45, 7) is 4.02. The zero-order chi connectivity index (χ0) is 13.1. The second-order valence-electron chi connectivity index (χ2n) is 5.06. The van der Waals surface area contributed by atoms with Crippen molar-refractivity contribution in [2.24, 2.45) is 11.7 Å². The van der Waals surface area contributed by atoms with Gasteiger partial charge in [-0.15, -0.1) is 0 Å². The van der Waals surface area contributed by atoms with Gasteiger partial charge < -0.3 is 10.8 Å². The molecule has 1 aromatic rings. The molecule has 0 amide bonds. The number of likely N-dealkylation sites (tertiary alicyclic amines) is 1. The minimum atomic E-state index is 0.199. The van der Waals surface area contributed by atoms with Gasteiger partial charge in [0.05, 0.1) is 6.61 Å². The van der Waals surface area contributed by atoms with E-state index in [0.717, 1.165) is 17.4 Å². The van der Waals surface area contributed by atoms with Crippen molar-refractivity contribution >= 4 is 15.9 Å². The Morgan fingerprint density at radius 3 is 2.94 bits per heavy atom. The van der Waals surface area contributed by atoms with Crippen LogP contribution in [0.4, 0.5) is 0 Å². The molecule has 0 bridgehead atoms. The minimum Gasteiger partial charge on any atom is -0.395 e. The molecule has 3 nitrogen and oxygen atoms in total. The molecule has 0 aliphatic carbocycles. The lowest BCUT2D eigenvalue weighted by Crippen LogP contribution is -2.41. The summed E-state index contributed by atoms with van der Waals surface area (Å²) in [7, 11) is 0. The molecule has 1 heterocycles. The predicted molar refractivity (Wildman–Crippen MR) is 77.3 cm³/mol. The number of halogens is 1. The van der Waals surface area contributed by atoms with Crippen LogP contribution >= 0.6 is 15.9 Å². The van der Waals surface area contributed by atoms with Crippen LogP contribution in [0, 0.1) is 5.92 Å². The number of aliphatic hydroxyl groups excluding tert-OH is 1. The first-order valence-corrected chi connectivity index (χ1v) is 7.28. The third kappa shape index (κ3) is 2.77. The molecular weight excluding hydrogens is 292 g/mol. The van der Waals surface area contributed by atoms with Crippen molar-refractivity contribution in [3.63, 3.8) is 0 Å². The zero-order valence-corrected chi connectivity index (χ0v) is 12.3. The van der Waals surface area contributed by atoms with Gasteiger partial charge in [0.2, 0.25) is 0 Å². The van der Waals surface area contributed by atoms with E-state index in [2.05, 4.69) is 39.9 Å². The van der Waals surface area contributed by atoms with E-state index in [1.54, 1.807) is 0 Å². The molecule has 1 aromatic carbocycles. The van der Waals surface area contributed by atoms with Crippen molar-refractivity contribution in [2.45, 2.75) is 25.4 Å². The highest BCUT2D eigenvalue weighted by Gasteiger charge is 2.35. The first-order chi connectivity index (χ1) is 8.67. The highest BCUT2D eigenvalue weighted by Crippen LogP contribution is 2.32. The summed E-state index contributed by atoms with van der Waals surface area (Å²) in [5.41, 5.74) is 7.18. The van der Waals surface area contributed by atoms with Gasteiger partial charge in [-0.3, -0.25) is 4.90 Å². The Morgan fingerprint density at radius 1 is 1.56 bits per heavy atom. The summed E-state index contributed by atoms with van der Waals surface area (Å²) >= 11 is 3.50. The quantitative estimate of drug-likeness (QED) is 0.895. The number of benzene rings is 1. The number of hydrogen-bond acceptors (Lipinski definition) is 3. The Hall–Kier alpha value is -0.420. The van der Waals surface area contributed by atoms with Crippen LogP contribution in [-0.4, -0.2) is 35.7 Å². The molecule has 3 atom stereocenters. The van der Waals surface area contributed by atoms with Crippen molar-refractivity contribution < 1.29 is 5.11 Å². The molecule has 1 aliphatic heterocycles. The lowest BCUT2D eigenvalue weighted by atomic mass is 10.0. The van der Waals surface area contributed by atoms with E-state index in [4.69, 9.17) is 5.73 Å². The average molecular weight is 313 g/mol. The second kappa shape index (κ2) is 6.15. The van der Waals surface area contributed by atoms with E-state index in [9.17, 15) is 5.11 Å². The van der Waals surface area contributed by atoms with E-state index in [0.29, 0.717) is 12.5 Å². The van der Waals surface area contributed by atoms with Gasteiger partial charge in [-0.25, -0.2) is 0 Å². The standard InChI is InChI=1S/C14H21BrN2O/c1-10-5-6-17(14(10)9-18)13(8-16)11-3-2-4-12(15)7-11/h2-4,7,10,13-14,18H,5-6,8-9,16H2,1H3. The van der Waals surface area contributed by atoms with Crippen LogP contribution in [0.15, 0.2) is 28.7 Å². The Bertz CT molecular complexity index is 399. The van der Waals surface area contributed by atoms with Crippen LogP contribution in [-0.2, 0) is 0 Å². The van der Waals surface area contributed by atoms with Crippen LogP contribution in [0.25, 0.3) is 0 Å². The van der Waals surface area contributed by atoms with Gasteiger partial charge in [-0.2, -0.15) is 0 Å². The third-order valence-electron chi connectivity index (χ3n) is 3.97. The maximum Gasteiger partial charge on any atom is 0.0589 e. The zero-order valence-electron chi connectivity index (χ0n) is 10.7. The van der Waals surface area contributed by atoms with Gasteiger partial charge >= 0.3 is 0 Å². The molecule has 3 N–H and O–H groups in total. The van der Waals surface area contributed by atoms with Crippen LogP contribution in [0.3, 0.4) is 0 Å². The Kier molecular flexibility index (Phi) is 4.78. The smallest absolute Gasteiger partial charge is 0.0589 e. The second-order valence-corrected chi connectivity index (χ2v) is 5.98. The van der Waals surface area contributed by atoms with Crippen molar-refractivity contribution in [1.82, 2.24) is 4.90 Å². The summed E-state index contributed by atoms with van der Waals surface area (Å²) in [6, 6.07) is 8.72. The number of nitrogens with two attached hydrogens (primary N) is 1. The fraction of sp³-hybridized carbons (Fsp3) is 0.571.